The minimum absolute atomic E-state index is 0.000920. The van der Waals surface area contributed by atoms with Crippen LogP contribution in [0, 0.1) is 5.92 Å². The van der Waals surface area contributed by atoms with Crippen molar-refractivity contribution in [2.45, 2.75) is 6.42 Å². The molecule has 0 aliphatic heterocycles. The second-order valence-electron chi connectivity index (χ2n) is 4.50. The molecular formula is C15H17N3O2. The van der Waals surface area contributed by atoms with E-state index < -0.39 is 0 Å². The number of rotatable bonds is 6. The van der Waals surface area contributed by atoms with E-state index in [4.69, 9.17) is 0 Å². The third-order valence-corrected chi connectivity index (χ3v) is 2.93. The molecule has 0 bridgehead atoms. The van der Waals surface area contributed by atoms with Crippen molar-refractivity contribution in [2.24, 2.45) is 5.92 Å². The number of pyridine rings is 2. The zero-order chi connectivity index (χ0) is 14.2. The summed E-state index contributed by atoms with van der Waals surface area (Å²) in [5.41, 5.74) is 1.28. The number of hydrogen-bond donors (Lipinski definition) is 2. The molecule has 0 aromatic carbocycles. The molecule has 104 valence electrons. The van der Waals surface area contributed by atoms with E-state index in [9.17, 15) is 9.90 Å². The van der Waals surface area contributed by atoms with Gasteiger partial charge in [0.1, 0.15) is 5.69 Å². The molecule has 1 atom stereocenters. The Morgan fingerprint density at radius 2 is 1.90 bits per heavy atom. The van der Waals surface area contributed by atoms with Crippen molar-refractivity contribution in [3.63, 3.8) is 0 Å². The van der Waals surface area contributed by atoms with Crippen molar-refractivity contribution in [1.29, 1.82) is 0 Å². The molecule has 0 radical (unpaired) electrons. The number of hydrogen-bond acceptors (Lipinski definition) is 4. The zero-order valence-electron chi connectivity index (χ0n) is 11.1. The molecule has 0 saturated carbocycles. The summed E-state index contributed by atoms with van der Waals surface area (Å²) in [6, 6.07) is 10.8. The average Bonchev–Trinajstić information content (AvgIpc) is 2.53. The highest BCUT2D eigenvalue weighted by Gasteiger charge is 2.12. The van der Waals surface area contributed by atoms with Gasteiger partial charge in [-0.2, -0.15) is 0 Å². The van der Waals surface area contributed by atoms with Crippen molar-refractivity contribution in [3.05, 3.63) is 60.2 Å². The van der Waals surface area contributed by atoms with E-state index >= 15 is 0 Å². The van der Waals surface area contributed by atoms with Crippen LogP contribution in [0.25, 0.3) is 0 Å². The predicted octanol–water partition coefficient (Wildman–Crippen LogP) is 1.06. The van der Waals surface area contributed by atoms with Crippen LogP contribution in [0.4, 0.5) is 0 Å². The maximum Gasteiger partial charge on any atom is 0.269 e. The van der Waals surface area contributed by atoms with Crippen molar-refractivity contribution < 1.29 is 9.90 Å². The Labute approximate surface area is 117 Å². The molecule has 2 rings (SSSR count). The first-order valence-electron chi connectivity index (χ1n) is 6.49. The molecule has 2 heterocycles. The number of aliphatic hydroxyl groups is 1. The van der Waals surface area contributed by atoms with Crippen LogP contribution < -0.4 is 5.32 Å². The van der Waals surface area contributed by atoms with Crippen LogP contribution in [0.15, 0.2) is 48.8 Å². The SMILES string of the molecule is O=C(NCC(CO)Cc1ccccn1)c1ccccn1. The third-order valence-electron chi connectivity index (χ3n) is 2.93. The normalized spacial score (nSPS) is 11.8. The minimum atomic E-state index is -0.231. The van der Waals surface area contributed by atoms with Gasteiger partial charge >= 0.3 is 0 Å². The summed E-state index contributed by atoms with van der Waals surface area (Å²) in [5, 5.41) is 12.2. The van der Waals surface area contributed by atoms with Crippen LogP contribution in [-0.2, 0) is 6.42 Å². The fourth-order valence-electron chi connectivity index (χ4n) is 1.84. The first-order chi connectivity index (χ1) is 9.79. The number of amides is 1. The lowest BCUT2D eigenvalue weighted by Gasteiger charge is -2.14. The number of nitrogens with one attached hydrogen (secondary N) is 1. The fraction of sp³-hybridized carbons (Fsp3) is 0.267. The summed E-state index contributed by atoms with van der Waals surface area (Å²) < 4.78 is 0. The van der Waals surface area contributed by atoms with E-state index in [0.29, 0.717) is 18.7 Å². The lowest BCUT2D eigenvalue weighted by molar-refractivity contribution is 0.0935. The molecule has 2 aromatic heterocycles. The van der Waals surface area contributed by atoms with E-state index in [1.165, 1.54) is 0 Å². The number of carbonyl (C=O) groups is 1. The van der Waals surface area contributed by atoms with Crippen molar-refractivity contribution >= 4 is 5.91 Å². The van der Waals surface area contributed by atoms with Gasteiger partial charge in [0.25, 0.3) is 5.91 Å². The maximum absolute atomic E-state index is 11.8. The van der Waals surface area contributed by atoms with Crippen LogP contribution in [0.2, 0.25) is 0 Å². The van der Waals surface area contributed by atoms with E-state index in [2.05, 4.69) is 15.3 Å². The predicted molar refractivity (Wildman–Crippen MR) is 75.1 cm³/mol. The zero-order valence-corrected chi connectivity index (χ0v) is 11.1. The van der Waals surface area contributed by atoms with E-state index in [1.54, 1.807) is 30.6 Å². The summed E-state index contributed by atoms with van der Waals surface area (Å²) in [7, 11) is 0. The molecule has 1 unspecified atom stereocenters. The quantitative estimate of drug-likeness (QED) is 0.823. The van der Waals surface area contributed by atoms with Crippen molar-refractivity contribution in [1.82, 2.24) is 15.3 Å². The van der Waals surface area contributed by atoms with Gasteiger partial charge in [-0.05, 0) is 30.7 Å². The molecule has 5 heteroatoms. The first kappa shape index (κ1) is 14.1. The molecule has 5 nitrogen and oxygen atoms in total. The highest BCUT2D eigenvalue weighted by atomic mass is 16.3. The summed E-state index contributed by atoms with van der Waals surface area (Å²) in [6.45, 7) is 0.390. The van der Waals surface area contributed by atoms with E-state index in [0.717, 1.165) is 5.69 Å². The Balaban J connectivity index is 1.86. The van der Waals surface area contributed by atoms with Gasteiger partial charge in [-0.25, -0.2) is 0 Å². The molecule has 0 saturated heterocycles. The van der Waals surface area contributed by atoms with E-state index in [1.807, 2.05) is 18.2 Å². The molecule has 0 aliphatic carbocycles. The Bertz CT molecular complexity index is 531. The standard InChI is InChI=1S/C15H17N3O2/c19-11-12(9-13-5-1-3-7-16-13)10-18-15(20)14-6-2-4-8-17-14/h1-8,12,19H,9-11H2,(H,18,20). The monoisotopic (exact) mass is 271 g/mol. The first-order valence-corrected chi connectivity index (χ1v) is 6.49. The van der Waals surface area contributed by atoms with Crippen molar-refractivity contribution in [2.75, 3.05) is 13.2 Å². The Hall–Kier alpha value is -2.27. The van der Waals surface area contributed by atoms with Crippen molar-refractivity contribution in [3.8, 4) is 0 Å². The third kappa shape index (κ3) is 4.13. The maximum atomic E-state index is 11.8. The second kappa shape index (κ2) is 7.35. The molecule has 0 fully saturated rings. The summed E-state index contributed by atoms with van der Waals surface area (Å²) in [5.74, 6) is -0.289. The fourth-order valence-corrected chi connectivity index (χ4v) is 1.84. The molecule has 0 spiro atoms. The highest BCUT2D eigenvalue weighted by molar-refractivity contribution is 5.92. The van der Waals surface area contributed by atoms with Gasteiger partial charge < -0.3 is 10.4 Å². The smallest absolute Gasteiger partial charge is 0.269 e. The van der Waals surface area contributed by atoms with Crippen LogP contribution in [0.5, 0.6) is 0 Å². The molecule has 2 N–H and O–H groups in total. The summed E-state index contributed by atoms with van der Waals surface area (Å²) in [4.78, 5) is 20.0. The molecular weight excluding hydrogens is 254 g/mol. The van der Waals surface area contributed by atoms with Crippen LogP contribution in [-0.4, -0.2) is 34.1 Å². The molecule has 0 aliphatic rings. The van der Waals surface area contributed by atoms with Gasteiger partial charge in [-0.3, -0.25) is 14.8 Å². The Morgan fingerprint density at radius 3 is 2.50 bits per heavy atom. The molecule has 2 aromatic rings. The number of carbonyl (C=O) groups excluding carboxylic acids is 1. The molecule has 20 heavy (non-hydrogen) atoms. The Morgan fingerprint density at radius 1 is 1.15 bits per heavy atom. The van der Waals surface area contributed by atoms with Gasteiger partial charge in [0.05, 0.1) is 0 Å². The topological polar surface area (TPSA) is 75.1 Å². The number of aromatic nitrogens is 2. The largest absolute Gasteiger partial charge is 0.396 e. The number of nitrogens with zero attached hydrogens (tertiary/aromatic N) is 2. The Kier molecular flexibility index (Phi) is 5.20. The minimum Gasteiger partial charge on any atom is -0.396 e. The average molecular weight is 271 g/mol. The highest BCUT2D eigenvalue weighted by Crippen LogP contribution is 2.05. The van der Waals surface area contributed by atoms with Gasteiger partial charge in [-0.1, -0.05) is 12.1 Å². The lowest BCUT2D eigenvalue weighted by atomic mass is 10.0. The van der Waals surface area contributed by atoms with Gasteiger partial charge in [0, 0.05) is 37.2 Å². The van der Waals surface area contributed by atoms with Gasteiger partial charge in [0.2, 0.25) is 0 Å². The van der Waals surface area contributed by atoms with Gasteiger partial charge in [0.15, 0.2) is 0 Å². The van der Waals surface area contributed by atoms with E-state index in [-0.39, 0.29) is 18.4 Å². The molecule has 1 amide bonds. The second-order valence-corrected chi connectivity index (χ2v) is 4.50. The van der Waals surface area contributed by atoms with Crippen LogP contribution in [0.3, 0.4) is 0 Å². The van der Waals surface area contributed by atoms with Crippen LogP contribution in [0.1, 0.15) is 16.2 Å². The van der Waals surface area contributed by atoms with Gasteiger partial charge in [-0.15, -0.1) is 0 Å². The summed E-state index contributed by atoms with van der Waals surface area (Å²) >= 11 is 0. The van der Waals surface area contributed by atoms with Crippen LogP contribution >= 0.6 is 0 Å². The lowest BCUT2D eigenvalue weighted by Crippen LogP contribution is -2.32. The number of aliphatic hydroxyl groups excluding tert-OH is 1. The summed E-state index contributed by atoms with van der Waals surface area (Å²) in [6.07, 6.45) is 3.92.